The van der Waals surface area contributed by atoms with E-state index >= 15 is 0 Å². The topological polar surface area (TPSA) is 55.2 Å². The number of hydrogen-bond acceptors (Lipinski definition) is 4. The van der Waals surface area contributed by atoms with Crippen LogP contribution in [-0.4, -0.2) is 15.1 Å². The highest BCUT2D eigenvalue weighted by atomic mass is 35.5. The Morgan fingerprint density at radius 2 is 1.76 bits per heavy atom. The zero-order chi connectivity index (χ0) is 15.6. The largest absolute Gasteiger partial charge is 0.439 e. The van der Waals surface area contributed by atoms with Gasteiger partial charge in [0.1, 0.15) is 16.7 Å². The van der Waals surface area contributed by atoms with Gasteiger partial charge in [0.05, 0.1) is 6.61 Å². The minimum absolute atomic E-state index is 0.00676. The zero-order valence-electron chi connectivity index (χ0n) is 12.6. The fraction of sp³-hybridized carbons (Fsp3) is 0.375. The van der Waals surface area contributed by atoms with E-state index in [1.165, 1.54) is 0 Å². The highest BCUT2D eigenvalue weighted by molar-refractivity contribution is 6.30. The lowest BCUT2D eigenvalue weighted by atomic mass is 9.96. The van der Waals surface area contributed by atoms with Crippen LogP contribution in [0.5, 0.6) is 11.6 Å². The molecule has 0 aliphatic carbocycles. The minimum Gasteiger partial charge on any atom is -0.439 e. The third kappa shape index (κ3) is 3.71. The minimum atomic E-state index is -0.212. The van der Waals surface area contributed by atoms with Crippen LogP contribution in [0, 0.1) is 6.92 Å². The van der Waals surface area contributed by atoms with E-state index < -0.39 is 0 Å². The summed E-state index contributed by atoms with van der Waals surface area (Å²) in [7, 11) is 0. The van der Waals surface area contributed by atoms with E-state index in [1.54, 1.807) is 24.3 Å². The molecule has 21 heavy (non-hydrogen) atoms. The smallest absolute Gasteiger partial charge is 0.227 e. The van der Waals surface area contributed by atoms with Crippen LogP contribution in [0.4, 0.5) is 0 Å². The van der Waals surface area contributed by atoms with Gasteiger partial charge in [-0.3, -0.25) is 0 Å². The van der Waals surface area contributed by atoms with Crippen LogP contribution in [0.3, 0.4) is 0 Å². The second kappa shape index (κ2) is 6.00. The second-order valence-corrected chi connectivity index (χ2v) is 6.28. The van der Waals surface area contributed by atoms with Crippen molar-refractivity contribution < 1.29 is 9.84 Å². The number of aliphatic hydroxyl groups is 1. The van der Waals surface area contributed by atoms with E-state index in [9.17, 15) is 0 Å². The summed E-state index contributed by atoms with van der Waals surface area (Å²) in [5.41, 5.74) is 1.32. The molecule has 1 N–H and O–H groups in total. The van der Waals surface area contributed by atoms with Crippen molar-refractivity contribution in [3.63, 3.8) is 0 Å². The number of benzene rings is 1. The first-order valence-electron chi connectivity index (χ1n) is 6.73. The normalized spacial score (nSPS) is 11.5. The molecular weight excluding hydrogens is 288 g/mol. The maximum absolute atomic E-state index is 9.05. The average molecular weight is 307 g/mol. The summed E-state index contributed by atoms with van der Waals surface area (Å²) in [4.78, 5) is 8.79. The van der Waals surface area contributed by atoms with E-state index in [4.69, 9.17) is 21.4 Å². The molecule has 2 aromatic rings. The van der Waals surface area contributed by atoms with E-state index in [0.717, 1.165) is 5.56 Å². The molecule has 0 bridgehead atoms. The number of aliphatic hydroxyl groups excluding tert-OH is 1. The molecular formula is C16H19ClN2O2. The number of ether oxygens (including phenoxy) is 1. The van der Waals surface area contributed by atoms with Gasteiger partial charge >= 0.3 is 0 Å². The predicted molar refractivity (Wildman–Crippen MR) is 82.9 cm³/mol. The van der Waals surface area contributed by atoms with E-state index in [1.807, 2.05) is 27.7 Å². The fourth-order valence-corrected chi connectivity index (χ4v) is 1.84. The number of hydrogen-bond donors (Lipinski definition) is 1. The standard InChI is InChI=1S/C16H19ClN2O2/c1-10-13(17)18-15(16(2,3)4)19-14(10)21-12-7-5-11(9-20)6-8-12/h5-8,20H,9H2,1-4H3. The SMILES string of the molecule is Cc1c(Cl)nc(C(C)(C)C)nc1Oc1ccc(CO)cc1. The summed E-state index contributed by atoms with van der Waals surface area (Å²) < 4.78 is 5.81. The van der Waals surface area contributed by atoms with Gasteiger partial charge in [-0.15, -0.1) is 0 Å². The molecule has 0 saturated carbocycles. The lowest BCUT2D eigenvalue weighted by molar-refractivity contribution is 0.281. The highest BCUT2D eigenvalue weighted by Crippen LogP contribution is 2.30. The summed E-state index contributed by atoms with van der Waals surface area (Å²) in [6.07, 6.45) is 0. The first kappa shape index (κ1) is 15.7. The van der Waals surface area contributed by atoms with Crippen molar-refractivity contribution in [3.05, 3.63) is 46.4 Å². The molecule has 5 heteroatoms. The molecule has 0 spiro atoms. The summed E-state index contributed by atoms with van der Waals surface area (Å²) in [6.45, 7) is 7.90. The van der Waals surface area contributed by atoms with Crippen LogP contribution in [0.1, 0.15) is 37.7 Å². The van der Waals surface area contributed by atoms with Crippen molar-refractivity contribution >= 4 is 11.6 Å². The van der Waals surface area contributed by atoms with E-state index in [2.05, 4.69) is 9.97 Å². The Hall–Kier alpha value is -1.65. The van der Waals surface area contributed by atoms with E-state index in [0.29, 0.717) is 28.2 Å². The van der Waals surface area contributed by atoms with Crippen LogP contribution in [0.25, 0.3) is 0 Å². The Balaban J connectivity index is 2.36. The van der Waals surface area contributed by atoms with Gasteiger partial charge in [0.2, 0.25) is 5.88 Å². The summed E-state index contributed by atoms with van der Waals surface area (Å²) in [6, 6.07) is 7.19. The second-order valence-electron chi connectivity index (χ2n) is 5.92. The number of halogens is 1. The van der Waals surface area contributed by atoms with Crippen LogP contribution in [-0.2, 0) is 12.0 Å². The number of nitrogens with zero attached hydrogens (tertiary/aromatic N) is 2. The molecule has 0 aliphatic heterocycles. The molecule has 0 radical (unpaired) electrons. The molecule has 0 amide bonds. The van der Waals surface area contributed by atoms with Crippen molar-refractivity contribution in [2.24, 2.45) is 0 Å². The molecule has 0 saturated heterocycles. The third-order valence-electron chi connectivity index (χ3n) is 3.03. The Labute approximate surface area is 129 Å². The van der Waals surface area contributed by atoms with Crippen LogP contribution in [0.2, 0.25) is 5.15 Å². The summed E-state index contributed by atoms with van der Waals surface area (Å²) in [5.74, 6) is 1.74. The highest BCUT2D eigenvalue weighted by Gasteiger charge is 2.21. The molecule has 0 fully saturated rings. The van der Waals surface area contributed by atoms with E-state index in [-0.39, 0.29) is 12.0 Å². The molecule has 0 atom stereocenters. The maximum Gasteiger partial charge on any atom is 0.227 e. The Morgan fingerprint density at radius 1 is 1.14 bits per heavy atom. The lowest BCUT2D eigenvalue weighted by Gasteiger charge is -2.19. The van der Waals surface area contributed by atoms with Gasteiger partial charge in [-0.25, -0.2) is 4.98 Å². The first-order valence-corrected chi connectivity index (χ1v) is 7.11. The van der Waals surface area contributed by atoms with Gasteiger partial charge in [0.25, 0.3) is 0 Å². The Morgan fingerprint density at radius 3 is 2.29 bits per heavy atom. The number of rotatable bonds is 3. The summed E-state index contributed by atoms with van der Waals surface area (Å²) >= 11 is 6.17. The van der Waals surface area contributed by atoms with Crippen molar-refractivity contribution in [1.82, 2.24) is 9.97 Å². The lowest BCUT2D eigenvalue weighted by Crippen LogP contribution is -2.17. The van der Waals surface area contributed by atoms with Crippen LogP contribution < -0.4 is 4.74 Å². The van der Waals surface area contributed by atoms with Gasteiger partial charge in [-0.2, -0.15) is 4.98 Å². The van der Waals surface area contributed by atoms with Gasteiger partial charge < -0.3 is 9.84 Å². The Kier molecular flexibility index (Phi) is 4.49. The average Bonchev–Trinajstić information content (AvgIpc) is 2.43. The number of aromatic nitrogens is 2. The molecule has 1 aromatic heterocycles. The van der Waals surface area contributed by atoms with Gasteiger partial charge in [0.15, 0.2) is 0 Å². The molecule has 4 nitrogen and oxygen atoms in total. The zero-order valence-corrected chi connectivity index (χ0v) is 13.4. The van der Waals surface area contributed by atoms with Gasteiger partial charge in [-0.1, -0.05) is 44.5 Å². The molecule has 2 rings (SSSR count). The molecule has 1 aromatic carbocycles. The van der Waals surface area contributed by atoms with Crippen LogP contribution >= 0.6 is 11.6 Å². The van der Waals surface area contributed by atoms with Crippen molar-refractivity contribution in [3.8, 4) is 11.6 Å². The third-order valence-corrected chi connectivity index (χ3v) is 3.40. The maximum atomic E-state index is 9.05. The monoisotopic (exact) mass is 306 g/mol. The molecule has 1 heterocycles. The molecule has 0 aliphatic rings. The molecule has 112 valence electrons. The van der Waals surface area contributed by atoms with Gasteiger partial charge in [0, 0.05) is 11.0 Å². The van der Waals surface area contributed by atoms with Gasteiger partial charge in [-0.05, 0) is 24.6 Å². The first-order chi connectivity index (χ1) is 9.81. The Bertz CT molecular complexity index is 634. The predicted octanol–water partition coefficient (Wildman–Crippen LogP) is 4.02. The van der Waals surface area contributed by atoms with Crippen LogP contribution in [0.15, 0.2) is 24.3 Å². The van der Waals surface area contributed by atoms with Crippen molar-refractivity contribution in [1.29, 1.82) is 0 Å². The fourth-order valence-electron chi connectivity index (χ4n) is 1.68. The molecule has 0 unspecified atom stereocenters. The summed E-state index contributed by atoms with van der Waals surface area (Å²) in [5, 5.41) is 9.45. The van der Waals surface area contributed by atoms with Crippen molar-refractivity contribution in [2.45, 2.75) is 39.7 Å². The quantitative estimate of drug-likeness (QED) is 0.870. The van der Waals surface area contributed by atoms with Crippen molar-refractivity contribution in [2.75, 3.05) is 0 Å².